The lowest BCUT2D eigenvalue weighted by molar-refractivity contribution is -0.139. The maximum Gasteiger partial charge on any atom is 0.305 e. The first-order chi connectivity index (χ1) is 9.92. The van der Waals surface area contributed by atoms with Gasteiger partial charge in [0.05, 0.1) is 17.5 Å². The molecule has 5 nitrogen and oxygen atoms in total. The molecule has 7 heteroatoms. The van der Waals surface area contributed by atoms with Crippen molar-refractivity contribution in [1.29, 1.82) is 0 Å². The molecule has 114 valence electrons. The normalized spacial score (nSPS) is 17.2. The summed E-state index contributed by atoms with van der Waals surface area (Å²) in [6.45, 7) is 0.870. The second-order valence-electron chi connectivity index (χ2n) is 5.04. The van der Waals surface area contributed by atoms with Crippen molar-refractivity contribution in [3.63, 3.8) is 0 Å². The summed E-state index contributed by atoms with van der Waals surface area (Å²) in [6.07, 6.45) is 0.826. The number of carboxylic acids is 1. The highest BCUT2D eigenvalue weighted by Crippen LogP contribution is 2.27. The summed E-state index contributed by atoms with van der Waals surface area (Å²) in [5, 5.41) is 12.4. The van der Waals surface area contributed by atoms with Gasteiger partial charge in [-0.25, -0.2) is 0 Å². The molecule has 1 amide bonds. The quantitative estimate of drug-likeness (QED) is 0.847. The average molecular weight is 377 g/mol. The van der Waals surface area contributed by atoms with Crippen LogP contribution in [0.25, 0.3) is 0 Å². The predicted molar refractivity (Wildman–Crippen MR) is 81.7 cm³/mol. The minimum atomic E-state index is -0.942. The third-order valence-electron chi connectivity index (χ3n) is 3.49. The van der Waals surface area contributed by atoms with Crippen molar-refractivity contribution in [2.45, 2.75) is 24.8 Å². The van der Waals surface area contributed by atoms with Crippen LogP contribution in [-0.4, -0.2) is 35.7 Å². The predicted octanol–water partition coefficient (Wildman–Crippen LogP) is 2.86. The second kappa shape index (κ2) is 6.77. The lowest BCUT2D eigenvalue weighted by Crippen LogP contribution is -2.53. The summed E-state index contributed by atoms with van der Waals surface area (Å²) >= 11 is 9.21. The van der Waals surface area contributed by atoms with Gasteiger partial charge in [0.2, 0.25) is 0 Å². The van der Waals surface area contributed by atoms with Crippen LogP contribution in [0.1, 0.15) is 29.6 Å². The second-order valence-corrected chi connectivity index (χ2v) is 6.33. The van der Waals surface area contributed by atoms with Crippen LogP contribution in [0, 0.1) is 0 Å². The molecule has 0 aromatic heterocycles. The molecule has 0 spiro atoms. The Morgan fingerprint density at radius 2 is 2.05 bits per heavy atom. The molecule has 0 unspecified atom stereocenters. The highest BCUT2D eigenvalue weighted by atomic mass is 79.9. The van der Waals surface area contributed by atoms with E-state index in [1.807, 2.05) is 0 Å². The monoisotopic (exact) mass is 375 g/mol. The van der Waals surface area contributed by atoms with Gasteiger partial charge in [-0.1, -0.05) is 11.6 Å². The minimum Gasteiger partial charge on any atom is -0.481 e. The maximum absolute atomic E-state index is 12.4. The van der Waals surface area contributed by atoms with Crippen LogP contribution in [0.5, 0.6) is 0 Å². The van der Waals surface area contributed by atoms with Crippen molar-refractivity contribution in [2.24, 2.45) is 0 Å². The van der Waals surface area contributed by atoms with Crippen LogP contribution in [0.4, 0.5) is 0 Å². The summed E-state index contributed by atoms with van der Waals surface area (Å²) in [5.74, 6) is -1.28. The van der Waals surface area contributed by atoms with E-state index in [2.05, 4.69) is 21.2 Å². The number of carbonyl (C=O) groups is 2. The number of carbonyl (C=O) groups excluding carboxylic acids is 1. The van der Waals surface area contributed by atoms with Gasteiger partial charge in [0.15, 0.2) is 0 Å². The minimum absolute atomic E-state index is 0.125. The van der Waals surface area contributed by atoms with E-state index < -0.39 is 11.5 Å². The van der Waals surface area contributed by atoms with Crippen LogP contribution in [-0.2, 0) is 9.53 Å². The van der Waals surface area contributed by atoms with E-state index in [0.29, 0.717) is 41.1 Å². The van der Waals surface area contributed by atoms with E-state index >= 15 is 0 Å². The van der Waals surface area contributed by atoms with Crippen molar-refractivity contribution in [1.82, 2.24) is 5.32 Å². The van der Waals surface area contributed by atoms with E-state index in [9.17, 15) is 9.59 Å². The van der Waals surface area contributed by atoms with E-state index in [4.69, 9.17) is 21.4 Å². The number of nitrogens with one attached hydrogen (secondary N) is 1. The van der Waals surface area contributed by atoms with Crippen LogP contribution in [0.15, 0.2) is 22.7 Å². The molecule has 0 bridgehead atoms. The molecule has 1 aliphatic heterocycles. The van der Waals surface area contributed by atoms with Gasteiger partial charge in [0, 0.05) is 22.7 Å². The van der Waals surface area contributed by atoms with E-state index in [-0.39, 0.29) is 12.3 Å². The molecule has 1 aromatic carbocycles. The van der Waals surface area contributed by atoms with Gasteiger partial charge >= 0.3 is 5.97 Å². The molecule has 1 saturated heterocycles. The lowest BCUT2D eigenvalue weighted by atomic mass is 9.86. The van der Waals surface area contributed by atoms with Gasteiger partial charge < -0.3 is 15.2 Å². The molecule has 21 heavy (non-hydrogen) atoms. The molecular weight excluding hydrogens is 362 g/mol. The maximum atomic E-state index is 12.4. The Bertz CT molecular complexity index is 558. The molecule has 0 atom stereocenters. The molecule has 1 heterocycles. The van der Waals surface area contributed by atoms with Gasteiger partial charge in [-0.3, -0.25) is 9.59 Å². The third-order valence-corrected chi connectivity index (χ3v) is 4.42. The summed E-state index contributed by atoms with van der Waals surface area (Å²) in [5.41, 5.74) is -0.387. The Morgan fingerprint density at radius 1 is 1.38 bits per heavy atom. The molecule has 1 aliphatic rings. The van der Waals surface area contributed by atoms with Crippen molar-refractivity contribution in [2.75, 3.05) is 13.2 Å². The smallest absolute Gasteiger partial charge is 0.305 e. The Hall–Kier alpha value is -1.11. The molecule has 1 fully saturated rings. The summed E-state index contributed by atoms with van der Waals surface area (Å²) in [7, 11) is 0. The van der Waals surface area contributed by atoms with Gasteiger partial charge in [0.25, 0.3) is 5.91 Å². The van der Waals surface area contributed by atoms with E-state index in [1.165, 1.54) is 0 Å². The van der Waals surface area contributed by atoms with Crippen molar-refractivity contribution < 1.29 is 19.4 Å². The number of aliphatic carboxylic acids is 1. The lowest BCUT2D eigenvalue weighted by Gasteiger charge is -2.37. The SMILES string of the molecule is O=C(O)CC1(NC(=O)c2cc(Cl)ccc2Br)CCOCC1. The first-order valence-corrected chi connectivity index (χ1v) is 7.66. The summed E-state index contributed by atoms with van der Waals surface area (Å²) in [4.78, 5) is 23.5. The molecule has 1 aromatic rings. The van der Waals surface area contributed by atoms with Crippen molar-refractivity contribution >= 4 is 39.4 Å². The molecule has 0 saturated carbocycles. The Balaban J connectivity index is 2.21. The fourth-order valence-corrected chi connectivity index (χ4v) is 2.98. The highest BCUT2D eigenvalue weighted by molar-refractivity contribution is 9.10. The molecule has 0 radical (unpaired) electrons. The topological polar surface area (TPSA) is 75.6 Å². The zero-order valence-electron chi connectivity index (χ0n) is 11.2. The number of carboxylic acid groups (broad SMARTS) is 1. The number of halogens is 2. The first kappa shape index (κ1) is 16.3. The van der Waals surface area contributed by atoms with Gasteiger partial charge in [-0.2, -0.15) is 0 Å². The Kier molecular flexibility index (Phi) is 5.24. The van der Waals surface area contributed by atoms with Crippen molar-refractivity contribution in [3.05, 3.63) is 33.3 Å². The standard InChI is InChI=1S/C14H15BrClNO4/c15-11-2-1-9(16)7-10(11)13(20)17-14(8-12(18)19)3-5-21-6-4-14/h1-2,7H,3-6,8H2,(H,17,20)(H,18,19). The number of hydrogen-bond donors (Lipinski definition) is 2. The fraction of sp³-hybridized carbons (Fsp3) is 0.429. The number of rotatable bonds is 4. The van der Waals surface area contributed by atoms with Crippen LogP contribution in [0.2, 0.25) is 5.02 Å². The number of benzene rings is 1. The zero-order valence-corrected chi connectivity index (χ0v) is 13.5. The van der Waals surface area contributed by atoms with Crippen LogP contribution >= 0.6 is 27.5 Å². The third kappa shape index (κ3) is 4.18. The van der Waals surface area contributed by atoms with Crippen LogP contribution in [0.3, 0.4) is 0 Å². The van der Waals surface area contributed by atoms with E-state index in [1.54, 1.807) is 18.2 Å². The summed E-state index contributed by atoms with van der Waals surface area (Å²) < 4.78 is 5.87. The van der Waals surface area contributed by atoms with Crippen LogP contribution < -0.4 is 5.32 Å². The largest absolute Gasteiger partial charge is 0.481 e. The van der Waals surface area contributed by atoms with Gasteiger partial charge in [-0.05, 0) is 47.0 Å². The number of amides is 1. The fourth-order valence-electron chi connectivity index (χ4n) is 2.38. The summed E-state index contributed by atoms with van der Waals surface area (Å²) in [6, 6.07) is 4.91. The first-order valence-electron chi connectivity index (χ1n) is 6.49. The molecule has 2 N–H and O–H groups in total. The molecule has 2 rings (SSSR count). The number of ether oxygens (including phenoxy) is 1. The zero-order chi connectivity index (χ0) is 15.5. The van der Waals surface area contributed by atoms with Gasteiger partial charge in [-0.15, -0.1) is 0 Å². The average Bonchev–Trinajstić information content (AvgIpc) is 2.41. The Labute approximate surface area is 135 Å². The number of hydrogen-bond acceptors (Lipinski definition) is 3. The van der Waals surface area contributed by atoms with E-state index in [0.717, 1.165) is 0 Å². The van der Waals surface area contributed by atoms with Gasteiger partial charge in [0.1, 0.15) is 0 Å². The Morgan fingerprint density at radius 3 is 2.67 bits per heavy atom. The molecule has 0 aliphatic carbocycles. The highest BCUT2D eigenvalue weighted by Gasteiger charge is 2.36. The van der Waals surface area contributed by atoms with Crippen molar-refractivity contribution in [3.8, 4) is 0 Å². The molecular formula is C14H15BrClNO4.